The van der Waals surface area contributed by atoms with Crippen LogP contribution in [0.1, 0.15) is 50.4 Å². The van der Waals surface area contributed by atoms with Crippen molar-refractivity contribution in [3.8, 4) is 0 Å². The third kappa shape index (κ3) is 5.38. The number of aryl methyl sites for hydroxylation is 1. The van der Waals surface area contributed by atoms with Gasteiger partial charge in [0.05, 0.1) is 52.9 Å². The number of rotatable bonds is 4. The van der Waals surface area contributed by atoms with Gasteiger partial charge in [-0.25, -0.2) is 14.2 Å². The van der Waals surface area contributed by atoms with Crippen molar-refractivity contribution in [2.24, 2.45) is 7.05 Å². The van der Waals surface area contributed by atoms with Gasteiger partial charge in [-0.1, -0.05) is 27.5 Å². The number of nitrogens with zero attached hydrogens (tertiary/aromatic N) is 4. The van der Waals surface area contributed by atoms with Crippen LogP contribution in [0.5, 0.6) is 0 Å². The average molecular weight is 637 g/mol. The Morgan fingerprint density at radius 1 is 1.25 bits per heavy atom. The van der Waals surface area contributed by atoms with Gasteiger partial charge in [0.25, 0.3) is 5.91 Å². The van der Waals surface area contributed by atoms with Gasteiger partial charge < -0.3 is 29.5 Å². The second-order valence-corrected chi connectivity index (χ2v) is 12.9. The number of carbonyl (C=O) groups is 2. The zero-order chi connectivity index (χ0) is 29.0. The van der Waals surface area contributed by atoms with Gasteiger partial charge in [0.15, 0.2) is 5.82 Å². The monoisotopic (exact) mass is 635 g/mol. The van der Waals surface area contributed by atoms with E-state index in [2.05, 4.69) is 26.2 Å². The Hall–Kier alpha value is -2.89. The molecule has 1 aromatic heterocycles. The summed E-state index contributed by atoms with van der Waals surface area (Å²) in [5, 5.41) is 14.9. The van der Waals surface area contributed by atoms with E-state index >= 15 is 4.39 Å². The van der Waals surface area contributed by atoms with Crippen molar-refractivity contribution in [2.45, 2.75) is 57.3 Å². The maximum absolute atomic E-state index is 15.8. The highest BCUT2D eigenvalue weighted by Crippen LogP contribution is 2.38. The van der Waals surface area contributed by atoms with Crippen molar-refractivity contribution < 1.29 is 23.8 Å². The minimum atomic E-state index is -1.30. The number of β-amino-alcohol motifs (C(OH)–C–C–N with tert-alkyl or cyclic N) is 1. The molecule has 2 saturated heterocycles. The number of likely N-dealkylation sites (tertiary alicyclic amines) is 2. The predicted molar refractivity (Wildman–Crippen MR) is 155 cm³/mol. The summed E-state index contributed by atoms with van der Waals surface area (Å²) in [7, 11) is 1.72. The van der Waals surface area contributed by atoms with E-state index < -0.39 is 35.1 Å². The fourth-order valence-corrected chi connectivity index (χ4v) is 6.13. The van der Waals surface area contributed by atoms with Crippen molar-refractivity contribution in [2.75, 3.05) is 25.0 Å². The van der Waals surface area contributed by atoms with Crippen LogP contribution in [0.25, 0.3) is 11.0 Å². The summed E-state index contributed by atoms with van der Waals surface area (Å²) in [6, 6.07) is 6.20. The maximum atomic E-state index is 15.8. The molecule has 214 valence electrons. The molecule has 2 amide bonds. The standard InChI is InChI=1S/C28H32BrClFN5O4/c1-27(2,3)40-26(38)36-10-6-5-7-21(36)28(39)13-35(14-28)25(37)17-12-20-24(32-15-34(20)4)22(31)23(17)33-19-9-8-16(29)11-18(19)30/h8-9,11-12,15,21,33,39H,5-7,10,13-14H2,1-4H3/t21-/m0/s1. The van der Waals surface area contributed by atoms with E-state index in [1.807, 2.05) is 0 Å². The topological polar surface area (TPSA) is 99.9 Å². The van der Waals surface area contributed by atoms with Gasteiger partial charge in [0.2, 0.25) is 0 Å². The summed E-state index contributed by atoms with van der Waals surface area (Å²) >= 11 is 9.74. The maximum Gasteiger partial charge on any atom is 0.410 e. The Kier molecular flexibility index (Phi) is 7.52. The molecule has 0 aliphatic carbocycles. The summed E-state index contributed by atoms with van der Waals surface area (Å²) in [6.07, 6.45) is 3.27. The normalized spacial score (nSPS) is 18.9. The van der Waals surface area contributed by atoms with Crippen molar-refractivity contribution in [1.29, 1.82) is 0 Å². The third-order valence-corrected chi connectivity index (χ3v) is 8.16. The van der Waals surface area contributed by atoms with E-state index in [9.17, 15) is 14.7 Å². The molecule has 0 spiro atoms. The lowest BCUT2D eigenvalue weighted by Gasteiger charge is -2.54. The lowest BCUT2D eigenvalue weighted by Crippen LogP contribution is -2.73. The lowest BCUT2D eigenvalue weighted by atomic mass is 9.80. The van der Waals surface area contributed by atoms with E-state index in [4.69, 9.17) is 16.3 Å². The number of halogens is 3. The molecule has 9 nitrogen and oxygen atoms in total. The number of hydrogen-bond donors (Lipinski definition) is 2. The molecule has 3 heterocycles. The molecule has 0 saturated carbocycles. The smallest absolute Gasteiger partial charge is 0.410 e. The summed E-state index contributed by atoms with van der Waals surface area (Å²) in [5.74, 6) is -1.14. The molecular weight excluding hydrogens is 605 g/mol. The summed E-state index contributed by atoms with van der Waals surface area (Å²) in [4.78, 5) is 33.9. The van der Waals surface area contributed by atoms with E-state index in [0.717, 1.165) is 17.3 Å². The second kappa shape index (κ2) is 10.5. The number of nitrogens with one attached hydrogen (secondary N) is 1. The highest BCUT2D eigenvalue weighted by molar-refractivity contribution is 9.10. The Bertz CT molecular complexity index is 1480. The van der Waals surface area contributed by atoms with Crippen LogP contribution in [0.3, 0.4) is 0 Å². The van der Waals surface area contributed by atoms with Gasteiger partial charge in [-0.15, -0.1) is 0 Å². The quantitative estimate of drug-likeness (QED) is 0.373. The molecule has 2 aliphatic rings. The Morgan fingerprint density at radius 2 is 1.98 bits per heavy atom. The van der Waals surface area contributed by atoms with E-state index in [0.29, 0.717) is 29.2 Å². The molecule has 2 N–H and O–H groups in total. The number of aliphatic hydroxyl groups is 1. The van der Waals surface area contributed by atoms with Gasteiger partial charge in [0.1, 0.15) is 16.7 Å². The average Bonchev–Trinajstić information content (AvgIpc) is 3.24. The molecule has 12 heteroatoms. The van der Waals surface area contributed by atoms with Crippen LogP contribution in [0.2, 0.25) is 5.02 Å². The van der Waals surface area contributed by atoms with Crippen LogP contribution in [0, 0.1) is 5.82 Å². The number of amides is 2. The first-order valence-corrected chi connectivity index (χ1v) is 14.3. The van der Waals surface area contributed by atoms with E-state index in [1.54, 1.807) is 61.6 Å². The number of aromatic nitrogens is 2. The van der Waals surface area contributed by atoms with Crippen molar-refractivity contribution in [1.82, 2.24) is 19.4 Å². The first kappa shape index (κ1) is 28.6. The van der Waals surface area contributed by atoms with Gasteiger partial charge in [-0.05, 0) is 64.3 Å². The van der Waals surface area contributed by atoms with E-state index in [-0.39, 0.29) is 29.9 Å². The Balaban J connectivity index is 1.43. The molecule has 2 aliphatic heterocycles. The molecule has 0 unspecified atom stereocenters. The van der Waals surface area contributed by atoms with Gasteiger partial charge >= 0.3 is 6.09 Å². The number of ether oxygens (including phenoxy) is 1. The largest absolute Gasteiger partial charge is 0.444 e. The molecule has 2 aromatic carbocycles. The van der Waals surface area contributed by atoms with Crippen LogP contribution in [-0.4, -0.2) is 73.3 Å². The van der Waals surface area contributed by atoms with Crippen LogP contribution in [0.15, 0.2) is 35.1 Å². The van der Waals surface area contributed by atoms with Gasteiger partial charge in [0, 0.05) is 18.1 Å². The molecule has 2 fully saturated rings. The third-order valence-electron chi connectivity index (χ3n) is 7.35. The van der Waals surface area contributed by atoms with Crippen LogP contribution in [0.4, 0.5) is 20.6 Å². The van der Waals surface area contributed by atoms with Crippen LogP contribution in [-0.2, 0) is 11.8 Å². The van der Waals surface area contributed by atoms with Crippen molar-refractivity contribution in [3.63, 3.8) is 0 Å². The van der Waals surface area contributed by atoms with Crippen LogP contribution >= 0.6 is 27.5 Å². The summed E-state index contributed by atoms with van der Waals surface area (Å²) < 4.78 is 23.8. The fourth-order valence-electron chi connectivity index (χ4n) is 5.41. The Labute approximate surface area is 245 Å². The van der Waals surface area contributed by atoms with Gasteiger partial charge in [-0.2, -0.15) is 0 Å². The second-order valence-electron chi connectivity index (χ2n) is 11.5. The first-order valence-electron chi connectivity index (χ1n) is 13.1. The minimum absolute atomic E-state index is 0.000674. The van der Waals surface area contributed by atoms with Crippen molar-refractivity contribution >= 4 is 61.9 Å². The lowest BCUT2D eigenvalue weighted by molar-refractivity contribution is -0.137. The molecule has 3 aromatic rings. The fraction of sp³-hybridized carbons (Fsp3) is 0.464. The SMILES string of the molecule is Cn1cnc2c(F)c(Nc3ccc(Br)cc3Cl)c(C(=O)N3CC(O)([C@@H]4CCCCN4C(=O)OC(C)(C)C)C3)cc21. The molecule has 0 bridgehead atoms. The van der Waals surface area contributed by atoms with Crippen molar-refractivity contribution in [3.05, 3.63) is 51.5 Å². The number of benzene rings is 2. The Morgan fingerprint density at radius 3 is 2.65 bits per heavy atom. The molecule has 0 radical (unpaired) electrons. The molecule has 1 atom stereocenters. The molecular formula is C28H32BrClFN5O4. The summed E-state index contributed by atoms with van der Waals surface area (Å²) in [5.41, 5.74) is -0.948. The number of piperidine rings is 1. The number of carbonyl (C=O) groups excluding carboxylic acids is 2. The van der Waals surface area contributed by atoms with E-state index in [1.165, 1.54) is 11.2 Å². The molecule has 5 rings (SSSR count). The highest BCUT2D eigenvalue weighted by Gasteiger charge is 2.53. The zero-order valence-electron chi connectivity index (χ0n) is 22.8. The first-order chi connectivity index (χ1) is 18.8. The number of imidazole rings is 1. The van der Waals surface area contributed by atoms with Crippen LogP contribution < -0.4 is 5.32 Å². The van der Waals surface area contributed by atoms with Gasteiger partial charge in [-0.3, -0.25) is 4.79 Å². The summed E-state index contributed by atoms with van der Waals surface area (Å²) in [6.45, 7) is 5.87. The molecule has 40 heavy (non-hydrogen) atoms. The predicted octanol–water partition coefficient (Wildman–Crippen LogP) is 5.85. The minimum Gasteiger partial charge on any atom is -0.444 e. The number of anilines is 2. The zero-order valence-corrected chi connectivity index (χ0v) is 25.1. The number of hydrogen-bond acceptors (Lipinski definition) is 6. The number of fused-ring (bicyclic) bond motifs is 1. The highest BCUT2D eigenvalue weighted by atomic mass is 79.9.